The van der Waals surface area contributed by atoms with E-state index in [0.717, 1.165) is 37.6 Å². The first-order valence-corrected chi connectivity index (χ1v) is 7.09. The first-order valence-electron chi connectivity index (χ1n) is 7.09. The van der Waals surface area contributed by atoms with Crippen LogP contribution in [0.3, 0.4) is 0 Å². The lowest BCUT2D eigenvalue weighted by atomic mass is 10.2. The van der Waals surface area contributed by atoms with E-state index in [1.165, 1.54) is 0 Å². The third-order valence-corrected chi connectivity index (χ3v) is 3.77. The minimum atomic E-state index is -0.363. The van der Waals surface area contributed by atoms with Gasteiger partial charge >= 0.3 is 0 Å². The van der Waals surface area contributed by atoms with Crippen LogP contribution >= 0.6 is 0 Å². The molecule has 5 nitrogen and oxygen atoms in total. The van der Waals surface area contributed by atoms with Gasteiger partial charge in [-0.2, -0.15) is 0 Å². The molecule has 1 amide bonds. The van der Waals surface area contributed by atoms with Gasteiger partial charge in [-0.15, -0.1) is 0 Å². The number of hydrogen-bond donors (Lipinski definition) is 1. The van der Waals surface area contributed by atoms with Crippen molar-refractivity contribution in [1.29, 1.82) is 0 Å². The first kappa shape index (κ1) is 14.7. The van der Waals surface area contributed by atoms with Crippen molar-refractivity contribution in [3.8, 4) is 5.75 Å². The lowest BCUT2D eigenvalue weighted by molar-refractivity contribution is -0.132. The van der Waals surface area contributed by atoms with Gasteiger partial charge in [0, 0.05) is 37.9 Å². The van der Waals surface area contributed by atoms with Crippen molar-refractivity contribution in [2.45, 2.75) is 19.4 Å². The lowest BCUT2D eigenvalue weighted by Crippen LogP contribution is -2.53. The number of hydrogen-bond acceptors (Lipinski definition) is 4. The monoisotopic (exact) mass is 277 g/mol. The van der Waals surface area contributed by atoms with E-state index in [0.29, 0.717) is 6.42 Å². The molecule has 1 aliphatic rings. The van der Waals surface area contributed by atoms with Gasteiger partial charge in [0.1, 0.15) is 5.75 Å². The Hall–Kier alpha value is -1.75. The summed E-state index contributed by atoms with van der Waals surface area (Å²) in [5, 5.41) is 0. The largest absolute Gasteiger partial charge is 0.497 e. The Kier molecular flexibility index (Phi) is 4.84. The Morgan fingerprint density at radius 1 is 1.35 bits per heavy atom. The third-order valence-electron chi connectivity index (χ3n) is 3.77. The normalized spacial score (nSPS) is 16.9. The van der Waals surface area contributed by atoms with Gasteiger partial charge in [-0.05, 0) is 18.6 Å². The van der Waals surface area contributed by atoms with Crippen molar-refractivity contribution < 1.29 is 9.53 Å². The fourth-order valence-electron chi connectivity index (χ4n) is 2.40. The zero-order valence-corrected chi connectivity index (χ0v) is 12.2. The molecule has 1 saturated heterocycles. The van der Waals surface area contributed by atoms with E-state index in [4.69, 9.17) is 10.5 Å². The maximum atomic E-state index is 12.0. The Balaban J connectivity index is 1.95. The van der Waals surface area contributed by atoms with Gasteiger partial charge in [0.15, 0.2) is 0 Å². The summed E-state index contributed by atoms with van der Waals surface area (Å²) in [6.45, 7) is 5.05. The Bertz CT molecular complexity index is 456. The molecule has 0 bridgehead atoms. The van der Waals surface area contributed by atoms with Crippen LogP contribution in [-0.4, -0.2) is 50.1 Å². The van der Waals surface area contributed by atoms with Crippen molar-refractivity contribution in [3.63, 3.8) is 0 Å². The highest BCUT2D eigenvalue weighted by Gasteiger charge is 2.24. The zero-order chi connectivity index (χ0) is 14.5. The molecule has 0 saturated carbocycles. The summed E-state index contributed by atoms with van der Waals surface area (Å²) in [4.78, 5) is 16.2. The topological polar surface area (TPSA) is 58.8 Å². The molecule has 1 aromatic rings. The van der Waals surface area contributed by atoms with Crippen LogP contribution in [0.1, 0.15) is 13.3 Å². The number of piperazine rings is 1. The fraction of sp³-hybridized carbons (Fsp3) is 0.533. The molecule has 0 radical (unpaired) electrons. The molecule has 5 heteroatoms. The summed E-state index contributed by atoms with van der Waals surface area (Å²) in [6, 6.07) is 7.65. The summed E-state index contributed by atoms with van der Waals surface area (Å²) >= 11 is 0. The number of anilines is 1. The Morgan fingerprint density at radius 3 is 2.65 bits per heavy atom. The van der Waals surface area contributed by atoms with Gasteiger partial charge in [0.05, 0.1) is 13.2 Å². The van der Waals surface area contributed by atoms with Crippen molar-refractivity contribution in [2.24, 2.45) is 5.73 Å². The van der Waals surface area contributed by atoms with Crippen molar-refractivity contribution in [2.75, 3.05) is 38.2 Å². The van der Waals surface area contributed by atoms with E-state index in [1.54, 1.807) is 7.11 Å². The number of carbonyl (C=O) groups excluding carboxylic acids is 1. The highest BCUT2D eigenvalue weighted by atomic mass is 16.5. The second-order valence-corrected chi connectivity index (χ2v) is 5.03. The van der Waals surface area contributed by atoms with Crippen LogP contribution in [0.4, 0.5) is 5.69 Å². The van der Waals surface area contributed by atoms with Crippen LogP contribution in [0.15, 0.2) is 24.3 Å². The first-order chi connectivity index (χ1) is 9.65. The molecule has 110 valence electrons. The smallest absolute Gasteiger partial charge is 0.239 e. The number of amides is 1. The van der Waals surface area contributed by atoms with E-state index in [1.807, 2.05) is 30.0 Å². The molecule has 1 unspecified atom stereocenters. The summed E-state index contributed by atoms with van der Waals surface area (Å²) in [6.07, 6.45) is 0.689. The minimum absolute atomic E-state index is 0.0674. The molecule has 0 spiro atoms. The van der Waals surface area contributed by atoms with E-state index in [-0.39, 0.29) is 11.9 Å². The second-order valence-electron chi connectivity index (χ2n) is 5.03. The molecule has 1 aromatic carbocycles. The highest BCUT2D eigenvalue weighted by Crippen LogP contribution is 2.22. The number of nitrogens with zero attached hydrogens (tertiary/aromatic N) is 2. The number of nitrogens with two attached hydrogens (primary N) is 1. The minimum Gasteiger partial charge on any atom is -0.497 e. The molecular formula is C15H23N3O2. The predicted octanol–water partition coefficient (Wildman–Crippen LogP) is 1.08. The summed E-state index contributed by atoms with van der Waals surface area (Å²) in [7, 11) is 1.67. The SMILES string of the molecule is CCC(N)C(=O)N1CCN(c2cccc(OC)c2)CC1. The van der Waals surface area contributed by atoms with E-state index in [9.17, 15) is 4.79 Å². The standard InChI is InChI=1S/C15H23N3O2/c1-3-14(16)15(19)18-9-7-17(8-10-18)12-5-4-6-13(11-12)20-2/h4-6,11,14H,3,7-10,16H2,1-2H3. The number of carbonyl (C=O) groups is 1. The lowest BCUT2D eigenvalue weighted by Gasteiger charge is -2.37. The maximum absolute atomic E-state index is 12.0. The summed E-state index contributed by atoms with van der Waals surface area (Å²) in [5.74, 6) is 0.923. The van der Waals surface area contributed by atoms with Gasteiger partial charge in [-0.25, -0.2) is 0 Å². The zero-order valence-electron chi connectivity index (χ0n) is 12.2. The van der Waals surface area contributed by atoms with Crippen LogP contribution in [0.5, 0.6) is 5.75 Å². The molecule has 0 aliphatic carbocycles. The average Bonchev–Trinajstić information content (AvgIpc) is 2.53. The molecule has 0 aromatic heterocycles. The van der Waals surface area contributed by atoms with Crippen LogP contribution < -0.4 is 15.4 Å². The van der Waals surface area contributed by atoms with E-state index < -0.39 is 0 Å². The van der Waals surface area contributed by atoms with Crippen molar-refractivity contribution in [1.82, 2.24) is 4.90 Å². The summed E-state index contributed by atoms with van der Waals surface area (Å²) < 4.78 is 5.24. The highest BCUT2D eigenvalue weighted by molar-refractivity contribution is 5.81. The maximum Gasteiger partial charge on any atom is 0.239 e. The van der Waals surface area contributed by atoms with Gasteiger partial charge in [0.2, 0.25) is 5.91 Å². The average molecular weight is 277 g/mol. The molecule has 1 heterocycles. The molecule has 2 N–H and O–H groups in total. The van der Waals surface area contributed by atoms with Crippen LogP contribution in [0, 0.1) is 0 Å². The molecule has 1 fully saturated rings. The van der Waals surface area contributed by atoms with Crippen LogP contribution in [0.2, 0.25) is 0 Å². The van der Waals surface area contributed by atoms with E-state index in [2.05, 4.69) is 11.0 Å². The fourth-order valence-corrected chi connectivity index (χ4v) is 2.40. The van der Waals surface area contributed by atoms with Crippen molar-refractivity contribution >= 4 is 11.6 Å². The molecule has 1 aliphatic heterocycles. The van der Waals surface area contributed by atoms with Gasteiger partial charge in [0.25, 0.3) is 0 Å². The molecular weight excluding hydrogens is 254 g/mol. The third kappa shape index (κ3) is 3.22. The second kappa shape index (κ2) is 6.61. The predicted molar refractivity (Wildman–Crippen MR) is 80.1 cm³/mol. The molecule has 20 heavy (non-hydrogen) atoms. The number of rotatable bonds is 4. The summed E-state index contributed by atoms with van der Waals surface area (Å²) in [5.41, 5.74) is 6.95. The van der Waals surface area contributed by atoms with E-state index >= 15 is 0 Å². The van der Waals surface area contributed by atoms with Crippen LogP contribution in [-0.2, 0) is 4.79 Å². The van der Waals surface area contributed by atoms with Crippen LogP contribution in [0.25, 0.3) is 0 Å². The van der Waals surface area contributed by atoms with Gasteiger partial charge in [-0.3, -0.25) is 4.79 Å². The molecule has 1 atom stereocenters. The number of ether oxygens (including phenoxy) is 1. The Labute approximate surface area is 120 Å². The Morgan fingerprint density at radius 2 is 2.05 bits per heavy atom. The number of benzene rings is 1. The molecule has 2 rings (SSSR count). The number of methoxy groups -OCH3 is 1. The van der Waals surface area contributed by atoms with Crippen molar-refractivity contribution in [3.05, 3.63) is 24.3 Å². The quantitative estimate of drug-likeness (QED) is 0.895. The van der Waals surface area contributed by atoms with Gasteiger partial charge < -0.3 is 20.3 Å². The van der Waals surface area contributed by atoms with Gasteiger partial charge in [-0.1, -0.05) is 13.0 Å².